The highest BCUT2D eigenvalue weighted by Crippen LogP contribution is 2.40. The van der Waals surface area contributed by atoms with Crippen LogP contribution in [0.15, 0.2) is 0 Å². The van der Waals surface area contributed by atoms with Gasteiger partial charge in [-0.25, -0.2) is 4.79 Å². The van der Waals surface area contributed by atoms with Gasteiger partial charge in [0, 0.05) is 42.3 Å². The van der Waals surface area contributed by atoms with Gasteiger partial charge in [0.2, 0.25) is 6.29 Å². The highest BCUT2D eigenvalue weighted by molar-refractivity contribution is 5.75. The van der Waals surface area contributed by atoms with E-state index in [1.807, 2.05) is 0 Å². The summed E-state index contributed by atoms with van der Waals surface area (Å²) < 4.78 is 56.2. The maximum atomic E-state index is 12.5. The van der Waals surface area contributed by atoms with Crippen molar-refractivity contribution in [1.82, 2.24) is 0 Å². The van der Waals surface area contributed by atoms with E-state index in [0.29, 0.717) is 0 Å². The molecule has 2 saturated heterocycles. The van der Waals surface area contributed by atoms with E-state index in [9.17, 15) is 14.4 Å². The van der Waals surface area contributed by atoms with Crippen molar-refractivity contribution < 1.29 is 61.8 Å². The Balaban J connectivity index is 2.55. The van der Waals surface area contributed by atoms with E-state index in [1.54, 1.807) is 13.8 Å². The highest BCUT2D eigenvalue weighted by Gasteiger charge is 2.60. The molecule has 2 heterocycles. The molecule has 10 atom stereocenters. The first-order chi connectivity index (χ1) is 16.5. The van der Waals surface area contributed by atoms with Gasteiger partial charge in [-0.1, -0.05) is 0 Å². The van der Waals surface area contributed by atoms with Crippen molar-refractivity contribution in [2.45, 2.75) is 88.6 Å². The number of hydrogen-bond acceptors (Lipinski definition) is 13. The first-order valence-corrected chi connectivity index (χ1v) is 11.0. The van der Waals surface area contributed by atoms with Crippen LogP contribution in [0.25, 0.3) is 0 Å². The highest BCUT2D eigenvalue weighted by atomic mass is 16.8. The summed E-state index contributed by atoms with van der Waals surface area (Å²) in [5, 5.41) is 0. The first kappa shape index (κ1) is 29.4. The smallest absolute Gasteiger partial charge is 0.337 e. The molecule has 2 aliphatic rings. The van der Waals surface area contributed by atoms with Crippen LogP contribution in [0.3, 0.4) is 0 Å². The van der Waals surface area contributed by atoms with Crippen molar-refractivity contribution in [3.8, 4) is 0 Å². The summed E-state index contributed by atoms with van der Waals surface area (Å²) in [4.78, 5) is 36.2. The van der Waals surface area contributed by atoms with Gasteiger partial charge in [-0.05, 0) is 13.8 Å². The zero-order chi connectivity index (χ0) is 26.5. The van der Waals surface area contributed by atoms with Crippen molar-refractivity contribution in [3.63, 3.8) is 0 Å². The quantitative estimate of drug-likeness (QED) is 0.304. The predicted octanol–water partition coefficient (Wildman–Crippen LogP) is -0.0408. The molecule has 202 valence electrons. The first-order valence-electron chi connectivity index (χ1n) is 11.0. The molecule has 0 N–H and O–H groups in total. The molecule has 0 amide bonds. The fourth-order valence-electron chi connectivity index (χ4n) is 4.72. The Morgan fingerprint density at radius 2 is 1.29 bits per heavy atom. The molecule has 0 bridgehead atoms. The number of rotatable bonds is 9. The number of hydrogen-bond donors (Lipinski definition) is 0. The van der Waals surface area contributed by atoms with E-state index in [0.717, 1.165) is 0 Å². The number of esters is 3. The van der Waals surface area contributed by atoms with Crippen LogP contribution in [-0.4, -0.2) is 114 Å². The van der Waals surface area contributed by atoms with Gasteiger partial charge in [0.1, 0.15) is 23.9 Å². The Morgan fingerprint density at radius 3 is 1.74 bits per heavy atom. The fraction of sp³-hybridized carbons (Fsp3) is 0.864. The molecule has 0 aromatic carbocycles. The standard InChI is InChI=1S/C22H36O13/c1-10-17(28-7)22(4,18(29-8)21(31-10)33-12(3)24)35-20-16(32-11(2)23)14(27-6)13(26-5)15(34-20)19(25)30-9/h10,13-18,20-21H,1-9H3/t10-,13-,14-,15-,16+,17-,18-,20-,21?,22+/m0/s1. The molecule has 0 aromatic heterocycles. The molecular formula is C22H36O13. The Kier molecular flexibility index (Phi) is 10.4. The maximum absolute atomic E-state index is 12.5. The third-order valence-electron chi connectivity index (χ3n) is 6.09. The second-order valence-electron chi connectivity index (χ2n) is 8.36. The fourth-order valence-corrected chi connectivity index (χ4v) is 4.72. The van der Waals surface area contributed by atoms with Gasteiger partial charge in [-0.2, -0.15) is 0 Å². The zero-order valence-corrected chi connectivity index (χ0v) is 21.5. The minimum absolute atomic E-state index is 0.595. The van der Waals surface area contributed by atoms with Gasteiger partial charge in [-0.3, -0.25) is 9.59 Å². The van der Waals surface area contributed by atoms with Crippen molar-refractivity contribution in [3.05, 3.63) is 0 Å². The summed E-state index contributed by atoms with van der Waals surface area (Å²) >= 11 is 0. The molecule has 1 unspecified atom stereocenters. The summed E-state index contributed by atoms with van der Waals surface area (Å²) in [6, 6.07) is 0. The lowest BCUT2D eigenvalue weighted by Crippen LogP contribution is -2.71. The normalized spacial score (nSPS) is 39.5. The number of carbonyl (C=O) groups excluding carboxylic acids is 3. The van der Waals surface area contributed by atoms with Crippen molar-refractivity contribution in [2.75, 3.05) is 35.5 Å². The summed E-state index contributed by atoms with van der Waals surface area (Å²) in [6.45, 7) is 5.80. The van der Waals surface area contributed by atoms with E-state index < -0.39 is 78.8 Å². The third kappa shape index (κ3) is 6.10. The number of ether oxygens (including phenoxy) is 10. The molecule has 13 heteroatoms. The van der Waals surface area contributed by atoms with E-state index in [2.05, 4.69) is 0 Å². The molecule has 0 aliphatic carbocycles. The van der Waals surface area contributed by atoms with Crippen LogP contribution < -0.4 is 0 Å². The summed E-state index contributed by atoms with van der Waals surface area (Å²) in [5.41, 5.74) is -1.40. The average Bonchev–Trinajstić information content (AvgIpc) is 2.78. The van der Waals surface area contributed by atoms with Crippen LogP contribution in [0.4, 0.5) is 0 Å². The van der Waals surface area contributed by atoms with Gasteiger partial charge < -0.3 is 47.4 Å². The summed E-state index contributed by atoms with van der Waals surface area (Å²) in [6.07, 6.45) is -9.33. The van der Waals surface area contributed by atoms with Gasteiger partial charge in [0.05, 0.1) is 13.2 Å². The second kappa shape index (κ2) is 12.4. The van der Waals surface area contributed by atoms with Crippen LogP contribution >= 0.6 is 0 Å². The van der Waals surface area contributed by atoms with Crippen molar-refractivity contribution in [1.29, 1.82) is 0 Å². The van der Waals surface area contributed by atoms with Gasteiger partial charge >= 0.3 is 17.9 Å². The SMILES string of the molecule is COC(=O)[C@H]1O[C@@H](O[C@@]2(C)[C@@H](OC)C(OC(C)=O)O[C@@H](C)[C@@H]2OC)[C@H](OC(C)=O)[C@@H](OC)[C@@H]1OC. The van der Waals surface area contributed by atoms with Crippen LogP contribution in [0, 0.1) is 0 Å². The monoisotopic (exact) mass is 508 g/mol. The molecule has 13 nitrogen and oxygen atoms in total. The third-order valence-corrected chi connectivity index (χ3v) is 6.09. The predicted molar refractivity (Wildman–Crippen MR) is 115 cm³/mol. The van der Waals surface area contributed by atoms with E-state index in [1.165, 1.54) is 49.4 Å². The minimum Gasteiger partial charge on any atom is -0.467 e. The zero-order valence-electron chi connectivity index (χ0n) is 21.5. The Morgan fingerprint density at radius 1 is 0.714 bits per heavy atom. The maximum Gasteiger partial charge on any atom is 0.337 e. The Bertz CT molecular complexity index is 745. The summed E-state index contributed by atoms with van der Waals surface area (Å²) in [5.74, 6) is -1.98. The molecule has 2 aliphatic heterocycles. The van der Waals surface area contributed by atoms with Crippen LogP contribution in [0.1, 0.15) is 27.7 Å². The lowest BCUT2D eigenvalue weighted by Gasteiger charge is -2.53. The van der Waals surface area contributed by atoms with Gasteiger partial charge in [-0.15, -0.1) is 0 Å². The number of carbonyl (C=O) groups is 3. The van der Waals surface area contributed by atoms with E-state index in [-0.39, 0.29) is 0 Å². The van der Waals surface area contributed by atoms with Gasteiger partial charge in [0.25, 0.3) is 0 Å². The molecule has 0 spiro atoms. The average molecular weight is 509 g/mol. The van der Waals surface area contributed by atoms with Crippen molar-refractivity contribution in [2.24, 2.45) is 0 Å². The van der Waals surface area contributed by atoms with Crippen LogP contribution in [0.5, 0.6) is 0 Å². The van der Waals surface area contributed by atoms with E-state index in [4.69, 9.17) is 47.4 Å². The summed E-state index contributed by atoms with van der Waals surface area (Å²) in [7, 11) is 6.76. The van der Waals surface area contributed by atoms with Crippen LogP contribution in [-0.2, 0) is 61.8 Å². The Labute approximate surface area is 204 Å². The van der Waals surface area contributed by atoms with E-state index >= 15 is 0 Å². The van der Waals surface area contributed by atoms with Gasteiger partial charge in [0.15, 0.2) is 24.6 Å². The van der Waals surface area contributed by atoms with Crippen molar-refractivity contribution >= 4 is 17.9 Å². The molecule has 0 saturated carbocycles. The second-order valence-corrected chi connectivity index (χ2v) is 8.36. The molecule has 2 fully saturated rings. The lowest BCUT2D eigenvalue weighted by atomic mass is 9.85. The molecule has 0 aromatic rings. The topological polar surface area (TPSA) is 144 Å². The lowest BCUT2D eigenvalue weighted by molar-refractivity contribution is -0.384. The number of methoxy groups -OCH3 is 5. The Hall–Kier alpha value is -1.87. The molecular weight excluding hydrogens is 472 g/mol. The largest absolute Gasteiger partial charge is 0.467 e. The minimum atomic E-state index is -1.40. The molecule has 2 rings (SSSR count). The molecule has 35 heavy (non-hydrogen) atoms. The van der Waals surface area contributed by atoms with Crippen LogP contribution in [0.2, 0.25) is 0 Å². The molecule has 0 radical (unpaired) electrons.